The average Bonchev–Trinajstić information content (AvgIpc) is 3.16. The first-order valence-electron chi connectivity index (χ1n) is 10.8. The second kappa shape index (κ2) is 8.43. The number of rotatable bonds is 4. The standard InChI is InChI=1S/C25H27N7/c1-30-12-14-32(15-13-30)20-10-8-19(9-11-20)28-25(26)22-16-21-23(17-27-22)31(2)29-24(21)18-6-4-3-5-7-18/h3-11,16-17H,12-15H2,1-2H3,(H2,26,28). The maximum atomic E-state index is 6.35. The molecule has 0 radical (unpaired) electrons. The van der Waals surface area contributed by atoms with Crippen LogP contribution in [0.4, 0.5) is 11.4 Å². The summed E-state index contributed by atoms with van der Waals surface area (Å²) in [6.45, 7) is 4.25. The van der Waals surface area contributed by atoms with Crippen LogP contribution in [-0.2, 0) is 7.05 Å². The lowest BCUT2D eigenvalue weighted by Gasteiger charge is -2.34. The average molecular weight is 426 g/mol. The molecule has 2 aromatic heterocycles. The highest BCUT2D eigenvalue weighted by Crippen LogP contribution is 2.28. The summed E-state index contributed by atoms with van der Waals surface area (Å²) in [5.41, 5.74) is 12.0. The minimum absolute atomic E-state index is 0.391. The van der Waals surface area contributed by atoms with E-state index in [1.807, 2.05) is 54.3 Å². The van der Waals surface area contributed by atoms with Crippen molar-refractivity contribution in [1.82, 2.24) is 19.7 Å². The lowest BCUT2D eigenvalue weighted by molar-refractivity contribution is 0.313. The van der Waals surface area contributed by atoms with Crippen LogP contribution >= 0.6 is 0 Å². The molecule has 0 saturated carbocycles. The molecule has 0 aliphatic carbocycles. The Balaban J connectivity index is 1.42. The number of aryl methyl sites for hydroxylation is 1. The number of nitrogens with zero attached hydrogens (tertiary/aromatic N) is 6. The van der Waals surface area contributed by atoms with Crippen LogP contribution in [0, 0.1) is 0 Å². The lowest BCUT2D eigenvalue weighted by Crippen LogP contribution is -2.44. The molecule has 7 nitrogen and oxygen atoms in total. The smallest absolute Gasteiger partial charge is 0.150 e. The fourth-order valence-corrected chi connectivity index (χ4v) is 4.10. The maximum Gasteiger partial charge on any atom is 0.150 e. The topological polar surface area (TPSA) is 75.6 Å². The Bertz CT molecular complexity index is 1250. The molecule has 1 fully saturated rings. The van der Waals surface area contributed by atoms with Crippen LogP contribution in [0.5, 0.6) is 0 Å². The van der Waals surface area contributed by atoms with Gasteiger partial charge in [-0.2, -0.15) is 5.10 Å². The van der Waals surface area contributed by atoms with Crippen molar-refractivity contribution >= 4 is 28.1 Å². The number of benzene rings is 2. The Morgan fingerprint density at radius 2 is 1.66 bits per heavy atom. The molecule has 0 bridgehead atoms. The van der Waals surface area contributed by atoms with E-state index in [1.54, 1.807) is 0 Å². The zero-order valence-electron chi connectivity index (χ0n) is 18.4. The van der Waals surface area contributed by atoms with Crippen LogP contribution < -0.4 is 10.6 Å². The van der Waals surface area contributed by atoms with E-state index in [4.69, 9.17) is 10.8 Å². The number of aliphatic imine (C=N–C) groups is 1. The van der Waals surface area contributed by atoms with Gasteiger partial charge < -0.3 is 15.5 Å². The van der Waals surface area contributed by atoms with Crippen molar-refractivity contribution in [2.45, 2.75) is 0 Å². The van der Waals surface area contributed by atoms with Gasteiger partial charge in [-0.25, -0.2) is 4.99 Å². The van der Waals surface area contributed by atoms with E-state index in [0.717, 1.165) is 54.0 Å². The van der Waals surface area contributed by atoms with E-state index in [1.165, 1.54) is 5.69 Å². The van der Waals surface area contributed by atoms with E-state index >= 15 is 0 Å². The Hall–Kier alpha value is -3.71. The van der Waals surface area contributed by atoms with E-state index in [2.05, 4.69) is 51.1 Å². The summed E-state index contributed by atoms with van der Waals surface area (Å²) in [4.78, 5) is 13.9. The van der Waals surface area contributed by atoms with Crippen molar-refractivity contribution in [2.75, 3.05) is 38.1 Å². The number of hydrogen-bond donors (Lipinski definition) is 1. The van der Waals surface area contributed by atoms with Gasteiger partial charge in [-0.1, -0.05) is 30.3 Å². The van der Waals surface area contributed by atoms with E-state index in [0.29, 0.717) is 11.5 Å². The van der Waals surface area contributed by atoms with Crippen LogP contribution in [0.15, 0.2) is 71.9 Å². The first-order chi connectivity index (χ1) is 15.6. The number of piperazine rings is 1. The van der Waals surface area contributed by atoms with E-state index in [9.17, 15) is 0 Å². The molecule has 0 unspecified atom stereocenters. The predicted molar refractivity (Wildman–Crippen MR) is 130 cm³/mol. The third-order valence-electron chi connectivity index (χ3n) is 6.01. The molecule has 0 atom stereocenters. The number of pyridine rings is 1. The van der Waals surface area contributed by atoms with Gasteiger partial charge in [-0.15, -0.1) is 0 Å². The molecule has 1 saturated heterocycles. The fraction of sp³-hybridized carbons (Fsp3) is 0.240. The van der Waals surface area contributed by atoms with Crippen LogP contribution in [0.3, 0.4) is 0 Å². The highest BCUT2D eigenvalue weighted by atomic mass is 15.3. The largest absolute Gasteiger partial charge is 0.382 e. The molecule has 0 amide bonds. The monoisotopic (exact) mass is 425 g/mol. The summed E-state index contributed by atoms with van der Waals surface area (Å²) in [5.74, 6) is 0.391. The Kier molecular flexibility index (Phi) is 5.33. The zero-order chi connectivity index (χ0) is 22.1. The van der Waals surface area contributed by atoms with Crippen molar-refractivity contribution in [3.63, 3.8) is 0 Å². The van der Waals surface area contributed by atoms with Gasteiger partial charge in [0, 0.05) is 49.9 Å². The van der Waals surface area contributed by atoms with Gasteiger partial charge in [0.2, 0.25) is 0 Å². The van der Waals surface area contributed by atoms with Crippen LogP contribution in [0.25, 0.3) is 22.2 Å². The summed E-state index contributed by atoms with van der Waals surface area (Å²) in [6, 6.07) is 20.4. The Morgan fingerprint density at radius 1 is 0.938 bits per heavy atom. The third kappa shape index (κ3) is 3.94. The third-order valence-corrected chi connectivity index (χ3v) is 6.01. The van der Waals surface area contributed by atoms with Crippen LogP contribution in [-0.4, -0.2) is 58.7 Å². The van der Waals surface area contributed by atoms with E-state index in [-0.39, 0.29) is 0 Å². The molecule has 1 aliphatic heterocycles. The van der Waals surface area contributed by atoms with Gasteiger partial charge in [0.1, 0.15) is 17.2 Å². The van der Waals surface area contributed by atoms with Crippen molar-refractivity contribution in [1.29, 1.82) is 0 Å². The molecular weight excluding hydrogens is 398 g/mol. The first-order valence-corrected chi connectivity index (χ1v) is 10.8. The molecule has 7 heteroatoms. The molecule has 3 heterocycles. The minimum atomic E-state index is 0.391. The van der Waals surface area contributed by atoms with Crippen molar-refractivity contribution in [2.24, 2.45) is 17.8 Å². The zero-order valence-corrected chi connectivity index (χ0v) is 18.4. The summed E-state index contributed by atoms with van der Waals surface area (Å²) in [5, 5.41) is 5.70. The number of amidine groups is 1. The number of anilines is 1. The predicted octanol–water partition coefficient (Wildman–Crippen LogP) is 3.42. The summed E-state index contributed by atoms with van der Waals surface area (Å²) in [7, 11) is 4.09. The molecule has 4 aromatic rings. The molecule has 2 N–H and O–H groups in total. The van der Waals surface area contributed by atoms with Gasteiger partial charge in [0.05, 0.1) is 17.4 Å². The summed E-state index contributed by atoms with van der Waals surface area (Å²) < 4.78 is 1.85. The Labute approximate surface area is 187 Å². The molecule has 32 heavy (non-hydrogen) atoms. The Morgan fingerprint density at radius 3 is 2.38 bits per heavy atom. The fourth-order valence-electron chi connectivity index (χ4n) is 4.10. The molecule has 2 aromatic carbocycles. The summed E-state index contributed by atoms with van der Waals surface area (Å²) in [6.07, 6.45) is 1.81. The number of nitrogens with two attached hydrogens (primary N) is 1. The SMILES string of the molecule is CN1CCN(c2ccc(N=C(N)c3cc4c(-c5ccccc5)nn(C)c4cn3)cc2)CC1. The van der Waals surface area contributed by atoms with Gasteiger partial charge in [-0.3, -0.25) is 9.67 Å². The molecule has 1 aliphatic rings. The highest BCUT2D eigenvalue weighted by Gasteiger charge is 2.15. The van der Waals surface area contributed by atoms with Crippen LogP contribution in [0.1, 0.15) is 5.69 Å². The second-order valence-corrected chi connectivity index (χ2v) is 8.23. The van der Waals surface area contributed by atoms with Crippen molar-refractivity contribution in [3.8, 4) is 11.3 Å². The van der Waals surface area contributed by atoms with Gasteiger partial charge in [-0.05, 0) is 37.4 Å². The normalized spacial score (nSPS) is 15.4. The molecule has 0 spiro atoms. The van der Waals surface area contributed by atoms with Crippen molar-refractivity contribution in [3.05, 3.63) is 72.6 Å². The molecular formula is C25H27N7. The van der Waals surface area contributed by atoms with Gasteiger partial charge in [0.15, 0.2) is 0 Å². The molecule has 162 valence electrons. The van der Waals surface area contributed by atoms with E-state index < -0.39 is 0 Å². The van der Waals surface area contributed by atoms with Gasteiger partial charge in [0.25, 0.3) is 0 Å². The number of hydrogen-bond acceptors (Lipinski definition) is 5. The highest BCUT2D eigenvalue weighted by molar-refractivity contribution is 6.02. The second-order valence-electron chi connectivity index (χ2n) is 8.23. The lowest BCUT2D eigenvalue weighted by atomic mass is 10.1. The number of fused-ring (bicyclic) bond motifs is 1. The molecule has 5 rings (SSSR count). The number of likely N-dealkylation sites (N-methyl/N-ethyl adjacent to an activating group) is 1. The van der Waals surface area contributed by atoms with Crippen LogP contribution in [0.2, 0.25) is 0 Å². The van der Waals surface area contributed by atoms with Gasteiger partial charge >= 0.3 is 0 Å². The maximum absolute atomic E-state index is 6.35. The van der Waals surface area contributed by atoms with Crippen molar-refractivity contribution < 1.29 is 0 Å². The number of aromatic nitrogens is 3. The first kappa shape index (κ1) is 20.2. The summed E-state index contributed by atoms with van der Waals surface area (Å²) >= 11 is 0. The minimum Gasteiger partial charge on any atom is -0.382 e. The quantitative estimate of drug-likeness (QED) is 0.401.